The number of hydrogen-bond donors (Lipinski definition) is 1. The van der Waals surface area contributed by atoms with Crippen molar-refractivity contribution in [2.24, 2.45) is 13.0 Å². The molecule has 1 amide bonds. The summed E-state index contributed by atoms with van der Waals surface area (Å²) < 4.78 is 1.84. The van der Waals surface area contributed by atoms with Gasteiger partial charge in [0.05, 0.1) is 10.8 Å². The SMILES string of the molecule is C[C@@H]1CCCC[C@H]1NC(=O)CSc1nnc(-c2ccc(Cl)cc2Cl)n1C. The summed E-state index contributed by atoms with van der Waals surface area (Å²) in [5.74, 6) is 1.56. The molecule has 8 heteroatoms. The second kappa shape index (κ2) is 8.63. The van der Waals surface area contributed by atoms with E-state index < -0.39 is 0 Å². The molecule has 1 aliphatic carbocycles. The van der Waals surface area contributed by atoms with Gasteiger partial charge in [-0.25, -0.2) is 0 Å². The van der Waals surface area contributed by atoms with Crippen LogP contribution < -0.4 is 5.32 Å². The summed E-state index contributed by atoms with van der Waals surface area (Å²) in [6, 6.07) is 5.56. The molecule has 26 heavy (non-hydrogen) atoms. The van der Waals surface area contributed by atoms with Crippen LogP contribution in [-0.2, 0) is 11.8 Å². The van der Waals surface area contributed by atoms with Gasteiger partial charge in [-0.3, -0.25) is 4.79 Å². The highest BCUT2D eigenvalue weighted by molar-refractivity contribution is 7.99. The zero-order valence-electron chi connectivity index (χ0n) is 14.8. The van der Waals surface area contributed by atoms with Crippen molar-refractivity contribution in [3.05, 3.63) is 28.2 Å². The van der Waals surface area contributed by atoms with Crippen LogP contribution in [0.15, 0.2) is 23.4 Å². The van der Waals surface area contributed by atoms with Crippen molar-refractivity contribution in [2.45, 2.75) is 43.8 Å². The molecule has 0 spiro atoms. The Morgan fingerprint density at radius 2 is 2.08 bits per heavy atom. The average molecular weight is 413 g/mol. The Morgan fingerprint density at radius 1 is 1.31 bits per heavy atom. The van der Waals surface area contributed by atoms with Crippen LogP contribution in [0, 0.1) is 5.92 Å². The molecule has 1 aromatic carbocycles. The average Bonchev–Trinajstić information content (AvgIpc) is 2.96. The fourth-order valence-electron chi connectivity index (χ4n) is 3.26. The summed E-state index contributed by atoms with van der Waals surface area (Å²) in [5.41, 5.74) is 0.762. The first kappa shape index (κ1) is 19.5. The number of hydrogen-bond acceptors (Lipinski definition) is 4. The Hall–Kier alpha value is -1.24. The van der Waals surface area contributed by atoms with Crippen LogP contribution in [0.1, 0.15) is 32.6 Å². The van der Waals surface area contributed by atoms with Gasteiger partial charge in [0, 0.05) is 23.7 Å². The third-order valence-corrected chi connectivity index (χ3v) is 6.37. The molecule has 1 saturated carbocycles. The molecule has 1 heterocycles. The highest BCUT2D eigenvalue weighted by Gasteiger charge is 2.23. The van der Waals surface area contributed by atoms with Crippen molar-refractivity contribution >= 4 is 40.9 Å². The lowest BCUT2D eigenvalue weighted by Crippen LogP contribution is -2.41. The van der Waals surface area contributed by atoms with Gasteiger partial charge in [-0.15, -0.1) is 10.2 Å². The Balaban J connectivity index is 1.62. The number of amides is 1. The number of thioether (sulfide) groups is 1. The van der Waals surface area contributed by atoms with Crippen LogP contribution in [0.4, 0.5) is 0 Å². The van der Waals surface area contributed by atoms with Gasteiger partial charge in [0.25, 0.3) is 0 Å². The molecule has 0 aliphatic heterocycles. The van der Waals surface area contributed by atoms with E-state index in [2.05, 4.69) is 22.4 Å². The van der Waals surface area contributed by atoms with Crippen molar-refractivity contribution in [3.8, 4) is 11.4 Å². The largest absolute Gasteiger partial charge is 0.352 e. The first-order chi connectivity index (χ1) is 12.5. The molecule has 0 unspecified atom stereocenters. The summed E-state index contributed by atoms with van der Waals surface area (Å²) >= 11 is 13.6. The lowest BCUT2D eigenvalue weighted by molar-refractivity contribution is -0.119. The number of aromatic nitrogens is 3. The van der Waals surface area contributed by atoms with Crippen LogP contribution in [-0.4, -0.2) is 32.5 Å². The monoisotopic (exact) mass is 412 g/mol. The van der Waals surface area contributed by atoms with E-state index in [-0.39, 0.29) is 5.91 Å². The number of nitrogens with one attached hydrogen (secondary N) is 1. The fourth-order valence-corrected chi connectivity index (χ4v) is 4.47. The second-order valence-electron chi connectivity index (χ2n) is 6.71. The fraction of sp³-hybridized carbons (Fsp3) is 0.500. The van der Waals surface area contributed by atoms with Crippen molar-refractivity contribution in [1.82, 2.24) is 20.1 Å². The highest BCUT2D eigenvalue weighted by Crippen LogP contribution is 2.30. The molecule has 3 rings (SSSR count). The normalized spacial score (nSPS) is 20.2. The molecule has 0 saturated heterocycles. The van der Waals surface area contributed by atoms with Gasteiger partial charge in [0.1, 0.15) is 0 Å². The maximum absolute atomic E-state index is 12.3. The number of carbonyl (C=O) groups excluding carboxylic acids is 1. The molecule has 2 aromatic rings. The zero-order valence-corrected chi connectivity index (χ0v) is 17.2. The van der Waals surface area contributed by atoms with Gasteiger partial charge in [0.15, 0.2) is 11.0 Å². The van der Waals surface area contributed by atoms with Crippen molar-refractivity contribution < 1.29 is 4.79 Å². The van der Waals surface area contributed by atoms with Crippen LogP contribution in [0.5, 0.6) is 0 Å². The van der Waals surface area contributed by atoms with E-state index in [4.69, 9.17) is 23.2 Å². The van der Waals surface area contributed by atoms with E-state index in [1.807, 2.05) is 17.7 Å². The predicted molar refractivity (Wildman–Crippen MR) is 107 cm³/mol. The zero-order chi connectivity index (χ0) is 18.7. The smallest absolute Gasteiger partial charge is 0.230 e. The predicted octanol–water partition coefficient (Wildman–Crippen LogP) is 4.58. The van der Waals surface area contributed by atoms with Gasteiger partial charge >= 0.3 is 0 Å². The van der Waals surface area contributed by atoms with Crippen LogP contribution in [0.2, 0.25) is 10.0 Å². The van der Waals surface area contributed by atoms with E-state index in [1.165, 1.54) is 31.0 Å². The summed E-state index contributed by atoms with van der Waals surface area (Å²) in [6.07, 6.45) is 4.71. The number of nitrogens with zero attached hydrogens (tertiary/aromatic N) is 3. The first-order valence-electron chi connectivity index (χ1n) is 8.72. The van der Waals surface area contributed by atoms with E-state index >= 15 is 0 Å². The summed E-state index contributed by atoms with van der Waals surface area (Å²) in [7, 11) is 1.86. The third-order valence-electron chi connectivity index (χ3n) is 4.80. The Kier molecular flexibility index (Phi) is 6.48. The van der Waals surface area contributed by atoms with Crippen LogP contribution >= 0.6 is 35.0 Å². The van der Waals surface area contributed by atoms with Crippen LogP contribution in [0.3, 0.4) is 0 Å². The molecule has 1 aliphatic rings. The maximum atomic E-state index is 12.3. The molecule has 0 bridgehead atoms. The van der Waals surface area contributed by atoms with Gasteiger partial charge in [-0.05, 0) is 37.0 Å². The van der Waals surface area contributed by atoms with Crippen LogP contribution in [0.25, 0.3) is 11.4 Å². The Labute approximate surface area is 167 Å². The number of benzene rings is 1. The summed E-state index contributed by atoms with van der Waals surface area (Å²) in [6.45, 7) is 2.21. The van der Waals surface area contributed by atoms with E-state index in [0.29, 0.717) is 38.7 Å². The minimum atomic E-state index is 0.0443. The third kappa shape index (κ3) is 4.53. The Bertz CT molecular complexity index is 795. The number of rotatable bonds is 5. The topological polar surface area (TPSA) is 59.8 Å². The van der Waals surface area contributed by atoms with E-state index in [9.17, 15) is 4.79 Å². The molecule has 1 aromatic heterocycles. The van der Waals surface area contributed by atoms with Gasteiger partial charge in [0.2, 0.25) is 5.91 Å². The molecule has 5 nitrogen and oxygen atoms in total. The maximum Gasteiger partial charge on any atom is 0.230 e. The molecule has 0 radical (unpaired) electrons. The first-order valence-corrected chi connectivity index (χ1v) is 10.5. The second-order valence-corrected chi connectivity index (χ2v) is 8.50. The molecular weight excluding hydrogens is 391 g/mol. The highest BCUT2D eigenvalue weighted by atomic mass is 35.5. The number of halogens is 2. The lowest BCUT2D eigenvalue weighted by atomic mass is 9.86. The molecule has 140 valence electrons. The van der Waals surface area contributed by atoms with Gasteiger partial charge in [-0.1, -0.05) is 54.7 Å². The lowest BCUT2D eigenvalue weighted by Gasteiger charge is -2.29. The summed E-state index contributed by atoms with van der Waals surface area (Å²) in [4.78, 5) is 12.3. The van der Waals surface area contributed by atoms with E-state index in [1.54, 1.807) is 12.1 Å². The van der Waals surface area contributed by atoms with Gasteiger partial charge in [-0.2, -0.15) is 0 Å². The Morgan fingerprint density at radius 3 is 2.81 bits per heavy atom. The molecule has 2 atom stereocenters. The standard InChI is InChI=1S/C18H22Cl2N4OS/c1-11-5-3-4-6-15(11)21-16(25)10-26-18-23-22-17(24(18)2)13-8-7-12(19)9-14(13)20/h7-9,11,15H,3-6,10H2,1-2H3,(H,21,25)/t11-,15-/m1/s1. The number of carbonyl (C=O) groups is 1. The minimum absolute atomic E-state index is 0.0443. The van der Waals surface area contributed by atoms with Crippen molar-refractivity contribution in [2.75, 3.05) is 5.75 Å². The van der Waals surface area contributed by atoms with E-state index in [0.717, 1.165) is 12.0 Å². The molecular formula is C18H22Cl2N4OS. The van der Waals surface area contributed by atoms with Crippen molar-refractivity contribution in [3.63, 3.8) is 0 Å². The molecule has 1 N–H and O–H groups in total. The molecule has 1 fully saturated rings. The quantitative estimate of drug-likeness (QED) is 0.730. The minimum Gasteiger partial charge on any atom is -0.352 e. The van der Waals surface area contributed by atoms with Gasteiger partial charge < -0.3 is 9.88 Å². The van der Waals surface area contributed by atoms with Crippen molar-refractivity contribution in [1.29, 1.82) is 0 Å². The summed E-state index contributed by atoms with van der Waals surface area (Å²) in [5, 5.41) is 13.3.